The topological polar surface area (TPSA) is 81.2 Å². The first-order valence-corrected chi connectivity index (χ1v) is 10.7. The van der Waals surface area contributed by atoms with Crippen molar-refractivity contribution >= 4 is 49.8 Å². The lowest BCUT2D eigenvalue weighted by atomic mass is 10.2. The number of hydrogen-bond donors (Lipinski definition) is 1. The Morgan fingerprint density at radius 2 is 1.77 bits per heavy atom. The van der Waals surface area contributed by atoms with E-state index >= 15 is 0 Å². The second-order valence-electron chi connectivity index (χ2n) is 6.16. The van der Waals surface area contributed by atoms with Crippen LogP contribution in [0.3, 0.4) is 0 Å². The van der Waals surface area contributed by atoms with Crippen molar-refractivity contribution in [2.24, 2.45) is 0 Å². The van der Waals surface area contributed by atoms with Gasteiger partial charge < -0.3 is 4.74 Å². The summed E-state index contributed by atoms with van der Waals surface area (Å²) in [5, 5.41) is 1.02. The molecule has 0 radical (unpaired) electrons. The zero-order valence-corrected chi connectivity index (χ0v) is 17.3. The van der Waals surface area contributed by atoms with Gasteiger partial charge in [0, 0.05) is 10.4 Å². The molecule has 0 unspecified atom stereocenters. The fourth-order valence-corrected chi connectivity index (χ4v) is 4.14. The number of rotatable bonds is 5. The summed E-state index contributed by atoms with van der Waals surface area (Å²) in [6, 6.07) is 13.9. The number of para-hydroxylation sites is 1. The SMILES string of the molecule is O=S(=O)(Nc1cnc(Oc2cnc3ccccc3c2)c(Cl)c1)c1ccc(Cl)cc1F. The smallest absolute Gasteiger partial charge is 0.264 e. The maximum absolute atomic E-state index is 14.0. The molecule has 0 aliphatic rings. The zero-order chi connectivity index (χ0) is 21.3. The Morgan fingerprint density at radius 1 is 0.967 bits per heavy atom. The third-order valence-corrected chi connectivity index (χ3v) is 5.94. The Morgan fingerprint density at radius 3 is 2.53 bits per heavy atom. The highest BCUT2D eigenvalue weighted by Crippen LogP contribution is 2.31. The van der Waals surface area contributed by atoms with Crippen LogP contribution in [0.4, 0.5) is 10.1 Å². The van der Waals surface area contributed by atoms with Crippen molar-refractivity contribution in [3.8, 4) is 11.6 Å². The predicted molar refractivity (Wildman–Crippen MR) is 113 cm³/mol. The van der Waals surface area contributed by atoms with Gasteiger partial charge in [-0.25, -0.2) is 17.8 Å². The highest BCUT2D eigenvalue weighted by atomic mass is 35.5. The molecule has 2 aromatic heterocycles. The number of halogens is 3. The van der Waals surface area contributed by atoms with Gasteiger partial charge in [-0.1, -0.05) is 41.4 Å². The molecule has 0 saturated heterocycles. The number of benzene rings is 2. The lowest BCUT2D eigenvalue weighted by Gasteiger charge is -2.11. The van der Waals surface area contributed by atoms with E-state index in [-0.39, 0.29) is 21.6 Å². The van der Waals surface area contributed by atoms with Crippen molar-refractivity contribution in [3.05, 3.63) is 82.9 Å². The molecule has 1 N–H and O–H groups in total. The number of pyridine rings is 2. The van der Waals surface area contributed by atoms with E-state index in [9.17, 15) is 12.8 Å². The second-order valence-corrected chi connectivity index (χ2v) is 8.65. The minimum Gasteiger partial charge on any atom is -0.436 e. The van der Waals surface area contributed by atoms with E-state index in [1.807, 2.05) is 24.3 Å². The molecule has 0 saturated carbocycles. The van der Waals surface area contributed by atoms with E-state index in [0.717, 1.165) is 23.0 Å². The van der Waals surface area contributed by atoms with Crippen LogP contribution in [0, 0.1) is 5.82 Å². The standard InChI is InChI=1S/C20H12Cl2FN3O3S/c21-13-5-6-19(17(23)8-13)30(27,28)26-14-9-16(22)20(25-10-14)29-15-7-12-3-1-2-4-18(12)24-11-15/h1-11,26H. The summed E-state index contributed by atoms with van der Waals surface area (Å²) < 4.78 is 46.7. The Bertz CT molecular complexity index is 1370. The van der Waals surface area contributed by atoms with Crippen molar-refractivity contribution in [2.75, 3.05) is 4.72 Å². The van der Waals surface area contributed by atoms with Crippen LogP contribution in [0.2, 0.25) is 10.0 Å². The van der Waals surface area contributed by atoms with Gasteiger partial charge in [-0.15, -0.1) is 0 Å². The van der Waals surface area contributed by atoms with Crippen LogP contribution in [0.5, 0.6) is 11.6 Å². The zero-order valence-electron chi connectivity index (χ0n) is 15.0. The van der Waals surface area contributed by atoms with Crippen LogP contribution in [-0.4, -0.2) is 18.4 Å². The van der Waals surface area contributed by atoms with Crippen LogP contribution in [-0.2, 0) is 10.0 Å². The van der Waals surface area contributed by atoms with Crippen molar-refractivity contribution in [2.45, 2.75) is 4.90 Å². The molecule has 0 aliphatic heterocycles. The van der Waals surface area contributed by atoms with Gasteiger partial charge in [-0.3, -0.25) is 9.71 Å². The summed E-state index contributed by atoms with van der Waals surface area (Å²) in [6.07, 6.45) is 2.74. The van der Waals surface area contributed by atoms with Crippen molar-refractivity contribution in [3.63, 3.8) is 0 Å². The van der Waals surface area contributed by atoms with E-state index in [1.165, 1.54) is 24.5 Å². The summed E-state index contributed by atoms with van der Waals surface area (Å²) in [5.41, 5.74) is 0.849. The maximum atomic E-state index is 14.0. The van der Waals surface area contributed by atoms with Crippen LogP contribution in [0.25, 0.3) is 10.9 Å². The summed E-state index contributed by atoms with van der Waals surface area (Å²) >= 11 is 11.9. The number of aromatic nitrogens is 2. The first-order valence-electron chi connectivity index (χ1n) is 8.48. The van der Waals surface area contributed by atoms with Crippen molar-refractivity contribution < 1.29 is 17.5 Å². The molecule has 2 heterocycles. The predicted octanol–water partition coefficient (Wildman–Crippen LogP) is 5.67. The first-order chi connectivity index (χ1) is 14.3. The molecule has 2 aromatic carbocycles. The van der Waals surface area contributed by atoms with Crippen molar-refractivity contribution in [1.82, 2.24) is 9.97 Å². The number of nitrogens with one attached hydrogen (secondary N) is 1. The lowest BCUT2D eigenvalue weighted by molar-refractivity contribution is 0.462. The molecule has 4 rings (SSSR count). The van der Waals surface area contributed by atoms with E-state index in [0.29, 0.717) is 5.75 Å². The molecule has 30 heavy (non-hydrogen) atoms. The summed E-state index contributed by atoms with van der Waals surface area (Å²) in [6.45, 7) is 0. The van der Waals surface area contributed by atoms with Crippen LogP contribution in [0.15, 0.2) is 71.9 Å². The Labute approximate surface area is 181 Å². The van der Waals surface area contributed by atoms with Crippen LogP contribution >= 0.6 is 23.2 Å². The Balaban J connectivity index is 1.56. The normalized spacial score (nSPS) is 11.4. The quantitative estimate of drug-likeness (QED) is 0.412. The lowest BCUT2D eigenvalue weighted by Crippen LogP contribution is -2.14. The van der Waals surface area contributed by atoms with E-state index in [1.54, 1.807) is 6.07 Å². The fraction of sp³-hybridized carbons (Fsp3) is 0. The van der Waals surface area contributed by atoms with E-state index < -0.39 is 20.7 Å². The maximum Gasteiger partial charge on any atom is 0.264 e. The fourth-order valence-electron chi connectivity index (χ4n) is 2.68. The van der Waals surface area contributed by atoms with Gasteiger partial charge in [0.15, 0.2) is 0 Å². The molecule has 0 fully saturated rings. The third kappa shape index (κ3) is 4.30. The van der Waals surface area contributed by atoms with Gasteiger partial charge in [0.1, 0.15) is 21.5 Å². The van der Waals surface area contributed by atoms with E-state index in [2.05, 4.69) is 14.7 Å². The molecule has 10 heteroatoms. The molecule has 6 nitrogen and oxygen atoms in total. The van der Waals surface area contributed by atoms with E-state index in [4.69, 9.17) is 27.9 Å². The number of anilines is 1. The highest BCUT2D eigenvalue weighted by Gasteiger charge is 2.20. The van der Waals surface area contributed by atoms with Gasteiger partial charge in [-0.05, 0) is 36.4 Å². The summed E-state index contributed by atoms with van der Waals surface area (Å²) in [4.78, 5) is 7.78. The third-order valence-electron chi connectivity index (χ3n) is 4.02. The average Bonchev–Trinajstić information content (AvgIpc) is 2.69. The van der Waals surface area contributed by atoms with Gasteiger partial charge in [0.25, 0.3) is 10.0 Å². The molecule has 0 spiro atoms. The Hall–Kier alpha value is -2.94. The molecule has 152 valence electrons. The summed E-state index contributed by atoms with van der Waals surface area (Å²) in [5.74, 6) is -0.494. The van der Waals surface area contributed by atoms with Crippen LogP contribution < -0.4 is 9.46 Å². The molecule has 0 aliphatic carbocycles. The Kier molecular flexibility index (Phi) is 5.46. The summed E-state index contributed by atoms with van der Waals surface area (Å²) in [7, 11) is -4.21. The number of hydrogen-bond acceptors (Lipinski definition) is 5. The number of sulfonamides is 1. The largest absolute Gasteiger partial charge is 0.436 e. The number of fused-ring (bicyclic) bond motifs is 1. The molecule has 0 atom stereocenters. The monoisotopic (exact) mass is 463 g/mol. The van der Waals surface area contributed by atoms with Gasteiger partial charge >= 0.3 is 0 Å². The number of nitrogens with zero attached hydrogens (tertiary/aromatic N) is 2. The molecule has 0 bridgehead atoms. The minimum absolute atomic E-state index is 0.0401. The van der Waals surface area contributed by atoms with Gasteiger partial charge in [0.05, 0.1) is 23.6 Å². The molecular weight excluding hydrogens is 452 g/mol. The average molecular weight is 464 g/mol. The number of ether oxygens (including phenoxy) is 1. The second kappa shape index (κ2) is 8.06. The molecular formula is C20H12Cl2FN3O3S. The molecule has 0 amide bonds. The van der Waals surface area contributed by atoms with Crippen molar-refractivity contribution in [1.29, 1.82) is 0 Å². The highest BCUT2D eigenvalue weighted by molar-refractivity contribution is 7.92. The van der Waals surface area contributed by atoms with Gasteiger partial charge in [-0.2, -0.15) is 0 Å². The minimum atomic E-state index is -4.21. The first kappa shape index (κ1) is 20.3. The van der Waals surface area contributed by atoms with Gasteiger partial charge in [0.2, 0.25) is 5.88 Å². The molecule has 4 aromatic rings. The van der Waals surface area contributed by atoms with Crippen LogP contribution in [0.1, 0.15) is 0 Å².